The van der Waals surface area contributed by atoms with Gasteiger partial charge in [0.05, 0.1) is 6.04 Å². The minimum Gasteiger partial charge on any atom is -0.244 e. The molecule has 1 aliphatic rings. The Morgan fingerprint density at radius 3 is 3.00 bits per heavy atom. The lowest BCUT2D eigenvalue weighted by atomic mass is 10.3. The fraction of sp³-hybridized carbons (Fsp3) is 0.400. The molecule has 0 saturated heterocycles. The van der Waals surface area contributed by atoms with Crippen LogP contribution in [-0.4, -0.2) is 25.2 Å². The van der Waals surface area contributed by atoms with Crippen molar-refractivity contribution in [1.29, 1.82) is 0 Å². The molecule has 0 atom stereocenters. The first-order chi connectivity index (χ1) is 8.33. The van der Waals surface area contributed by atoms with E-state index in [1.807, 2.05) is 10.7 Å². The van der Waals surface area contributed by atoms with Crippen LogP contribution in [0.15, 0.2) is 23.5 Å². The SMILES string of the molecule is Clc1ccc(CSc2nnnn2C2CC2)cn1. The summed E-state index contributed by atoms with van der Waals surface area (Å²) in [5.41, 5.74) is 1.12. The van der Waals surface area contributed by atoms with Gasteiger partial charge in [-0.25, -0.2) is 9.67 Å². The first-order valence-corrected chi connectivity index (χ1v) is 6.70. The third kappa shape index (κ3) is 2.58. The van der Waals surface area contributed by atoms with Crippen molar-refractivity contribution in [2.24, 2.45) is 0 Å². The van der Waals surface area contributed by atoms with E-state index in [-0.39, 0.29) is 0 Å². The summed E-state index contributed by atoms with van der Waals surface area (Å²) in [7, 11) is 0. The number of aromatic nitrogens is 5. The Kier molecular flexibility index (Phi) is 2.98. The van der Waals surface area contributed by atoms with Gasteiger partial charge in [-0.05, 0) is 34.9 Å². The van der Waals surface area contributed by atoms with Gasteiger partial charge in [-0.15, -0.1) is 5.10 Å². The van der Waals surface area contributed by atoms with Crippen LogP contribution in [0.3, 0.4) is 0 Å². The summed E-state index contributed by atoms with van der Waals surface area (Å²) in [6.07, 6.45) is 4.14. The maximum Gasteiger partial charge on any atom is 0.209 e. The van der Waals surface area contributed by atoms with Gasteiger partial charge in [0.15, 0.2) is 0 Å². The third-order valence-corrected chi connectivity index (χ3v) is 3.74. The van der Waals surface area contributed by atoms with E-state index < -0.39 is 0 Å². The Balaban J connectivity index is 1.67. The number of thioether (sulfide) groups is 1. The van der Waals surface area contributed by atoms with Crippen LogP contribution in [0.5, 0.6) is 0 Å². The molecule has 88 valence electrons. The van der Waals surface area contributed by atoms with Gasteiger partial charge in [-0.3, -0.25) is 0 Å². The van der Waals surface area contributed by atoms with Gasteiger partial charge in [-0.2, -0.15) is 0 Å². The second kappa shape index (κ2) is 4.62. The standard InChI is InChI=1S/C10H10ClN5S/c11-9-4-1-7(5-12-9)6-17-10-13-14-15-16(10)8-2-3-8/h1,4-5,8H,2-3,6H2. The van der Waals surface area contributed by atoms with Crippen molar-refractivity contribution >= 4 is 23.4 Å². The summed E-state index contributed by atoms with van der Waals surface area (Å²) >= 11 is 7.36. The van der Waals surface area contributed by atoms with Gasteiger partial charge in [-0.1, -0.05) is 29.4 Å². The van der Waals surface area contributed by atoms with E-state index in [2.05, 4.69) is 20.5 Å². The molecule has 7 heteroatoms. The molecule has 2 heterocycles. The van der Waals surface area contributed by atoms with E-state index in [1.165, 1.54) is 12.8 Å². The predicted octanol–water partition coefficient (Wildman–Crippen LogP) is 2.35. The summed E-state index contributed by atoms with van der Waals surface area (Å²) in [5, 5.41) is 13.1. The van der Waals surface area contributed by atoms with Crippen LogP contribution in [-0.2, 0) is 5.75 Å². The van der Waals surface area contributed by atoms with Crippen LogP contribution in [0.4, 0.5) is 0 Å². The zero-order valence-electron chi connectivity index (χ0n) is 8.95. The van der Waals surface area contributed by atoms with Crippen molar-refractivity contribution in [1.82, 2.24) is 25.2 Å². The van der Waals surface area contributed by atoms with Gasteiger partial charge in [0.25, 0.3) is 0 Å². The molecule has 0 aliphatic heterocycles. The van der Waals surface area contributed by atoms with E-state index in [9.17, 15) is 0 Å². The van der Waals surface area contributed by atoms with Gasteiger partial charge in [0.1, 0.15) is 5.15 Å². The van der Waals surface area contributed by atoms with E-state index in [1.54, 1.807) is 24.0 Å². The van der Waals surface area contributed by atoms with Gasteiger partial charge in [0, 0.05) is 11.9 Å². The molecule has 0 aromatic carbocycles. The van der Waals surface area contributed by atoms with Crippen molar-refractivity contribution in [2.45, 2.75) is 29.8 Å². The highest BCUT2D eigenvalue weighted by Crippen LogP contribution is 2.36. The first-order valence-electron chi connectivity index (χ1n) is 5.34. The fourth-order valence-electron chi connectivity index (χ4n) is 1.47. The van der Waals surface area contributed by atoms with Crippen molar-refractivity contribution in [3.63, 3.8) is 0 Å². The second-order valence-electron chi connectivity index (χ2n) is 3.92. The number of hydrogen-bond acceptors (Lipinski definition) is 5. The van der Waals surface area contributed by atoms with Crippen molar-refractivity contribution < 1.29 is 0 Å². The summed E-state index contributed by atoms with van der Waals surface area (Å²) in [6.45, 7) is 0. The van der Waals surface area contributed by atoms with Crippen LogP contribution in [0.25, 0.3) is 0 Å². The lowest BCUT2D eigenvalue weighted by molar-refractivity contribution is 0.565. The number of tetrazole rings is 1. The highest BCUT2D eigenvalue weighted by molar-refractivity contribution is 7.98. The molecule has 3 rings (SSSR count). The minimum absolute atomic E-state index is 0.510. The fourth-order valence-corrected chi connectivity index (χ4v) is 2.46. The quantitative estimate of drug-likeness (QED) is 0.629. The number of nitrogens with zero attached hydrogens (tertiary/aromatic N) is 5. The molecule has 1 aliphatic carbocycles. The molecule has 0 unspecified atom stereocenters. The number of halogens is 1. The maximum atomic E-state index is 5.73. The second-order valence-corrected chi connectivity index (χ2v) is 5.24. The molecular weight excluding hydrogens is 258 g/mol. The zero-order valence-corrected chi connectivity index (χ0v) is 10.5. The van der Waals surface area contributed by atoms with Gasteiger partial charge < -0.3 is 0 Å². The Labute approximate surface area is 108 Å². The molecule has 1 saturated carbocycles. The van der Waals surface area contributed by atoms with Crippen LogP contribution in [0.2, 0.25) is 5.15 Å². The van der Waals surface area contributed by atoms with Crippen LogP contribution in [0.1, 0.15) is 24.4 Å². The topological polar surface area (TPSA) is 56.5 Å². The first kappa shape index (κ1) is 11.0. The molecule has 0 spiro atoms. The molecule has 1 fully saturated rings. The van der Waals surface area contributed by atoms with Crippen LogP contribution in [0, 0.1) is 0 Å². The third-order valence-electron chi connectivity index (χ3n) is 2.51. The molecule has 0 N–H and O–H groups in total. The summed E-state index contributed by atoms with van der Waals surface area (Å²) in [5.74, 6) is 0.803. The smallest absolute Gasteiger partial charge is 0.209 e. The predicted molar refractivity (Wildman–Crippen MR) is 64.9 cm³/mol. The molecular formula is C10H10ClN5S. The van der Waals surface area contributed by atoms with Gasteiger partial charge >= 0.3 is 0 Å². The molecule has 0 radical (unpaired) electrons. The Hall–Kier alpha value is -1.14. The normalized spacial score (nSPS) is 15.1. The largest absolute Gasteiger partial charge is 0.244 e. The lowest BCUT2D eigenvalue weighted by Crippen LogP contribution is -1.98. The molecule has 0 amide bonds. The number of rotatable bonds is 4. The average Bonchev–Trinajstić information content (AvgIpc) is 3.08. The summed E-state index contributed by atoms with van der Waals surface area (Å²) in [4.78, 5) is 4.04. The molecule has 2 aromatic rings. The van der Waals surface area contributed by atoms with E-state index >= 15 is 0 Å². The van der Waals surface area contributed by atoms with Gasteiger partial charge in [0.2, 0.25) is 5.16 Å². The molecule has 2 aromatic heterocycles. The lowest BCUT2D eigenvalue weighted by Gasteiger charge is -2.02. The summed E-state index contributed by atoms with van der Waals surface area (Å²) in [6, 6.07) is 4.27. The Morgan fingerprint density at radius 2 is 2.29 bits per heavy atom. The average molecular weight is 268 g/mol. The number of hydrogen-bond donors (Lipinski definition) is 0. The maximum absolute atomic E-state index is 5.73. The van der Waals surface area contributed by atoms with Crippen molar-refractivity contribution in [3.8, 4) is 0 Å². The van der Waals surface area contributed by atoms with E-state index in [4.69, 9.17) is 11.6 Å². The van der Waals surface area contributed by atoms with Crippen LogP contribution < -0.4 is 0 Å². The number of pyridine rings is 1. The van der Waals surface area contributed by atoms with Crippen molar-refractivity contribution in [2.75, 3.05) is 0 Å². The van der Waals surface area contributed by atoms with Crippen molar-refractivity contribution in [3.05, 3.63) is 29.0 Å². The molecule has 0 bridgehead atoms. The zero-order chi connectivity index (χ0) is 11.7. The highest BCUT2D eigenvalue weighted by atomic mass is 35.5. The minimum atomic E-state index is 0.510. The summed E-state index contributed by atoms with van der Waals surface area (Å²) < 4.78 is 1.91. The highest BCUT2D eigenvalue weighted by Gasteiger charge is 2.27. The van der Waals surface area contributed by atoms with E-state index in [0.717, 1.165) is 16.5 Å². The molecule has 5 nitrogen and oxygen atoms in total. The molecule has 17 heavy (non-hydrogen) atoms. The Bertz CT molecular complexity index is 508. The Morgan fingerprint density at radius 1 is 1.41 bits per heavy atom. The monoisotopic (exact) mass is 267 g/mol. The van der Waals surface area contributed by atoms with E-state index in [0.29, 0.717) is 11.2 Å². The van der Waals surface area contributed by atoms with Crippen LogP contribution >= 0.6 is 23.4 Å².